The number of nitrogens with zero attached hydrogens (tertiary/aromatic N) is 1. The summed E-state index contributed by atoms with van der Waals surface area (Å²) in [6.07, 6.45) is 6.42. The molecule has 1 aromatic carbocycles. The Hall–Kier alpha value is -1.95. The molecule has 1 aliphatic carbocycles. The predicted molar refractivity (Wildman–Crippen MR) is 122 cm³/mol. The van der Waals surface area contributed by atoms with Gasteiger partial charge in [0.15, 0.2) is 0 Å². The SMILES string of the molecule is COc1cc(N2CCCC2)c(OC)cc1[C@H]1C[C@](C)(NC(C)=O)[C@@H]2CC[C@@H](C)C[C@H]2O1. The largest absolute Gasteiger partial charge is 0.496 e. The molecule has 3 fully saturated rings. The monoisotopic (exact) mass is 430 g/mol. The molecule has 3 aliphatic rings. The van der Waals surface area contributed by atoms with Crippen molar-refractivity contribution in [3.63, 3.8) is 0 Å². The lowest BCUT2D eigenvalue weighted by atomic mass is 9.66. The Bertz CT molecular complexity index is 807. The fraction of sp³-hybridized carbons (Fsp3) is 0.720. The number of hydrogen-bond donors (Lipinski definition) is 1. The molecular weight excluding hydrogens is 392 g/mol. The van der Waals surface area contributed by atoms with E-state index >= 15 is 0 Å². The third-order valence-electron chi connectivity index (χ3n) is 7.61. The zero-order valence-corrected chi connectivity index (χ0v) is 19.7. The Morgan fingerprint density at radius 1 is 1.16 bits per heavy atom. The van der Waals surface area contributed by atoms with E-state index in [1.807, 2.05) is 0 Å². The highest BCUT2D eigenvalue weighted by molar-refractivity contribution is 5.74. The maximum Gasteiger partial charge on any atom is 0.217 e. The van der Waals surface area contributed by atoms with Gasteiger partial charge in [-0.2, -0.15) is 0 Å². The van der Waals surface area contributed by atoms with Crippen LogP contribution in [0.1, 0.15) is 71.0 Å². The van der Waals surface area contributed by atoms with Crippen LogP contribution in [0.3, 0.4) is 0 Å². The van der Waals surface area contributed by atoms with E-state index in [9.17, 15) is 4.79 Å². The topological polar surface area (TPSA) is 60.0 Å². The third kappa shape index (κ3) is 4.36. The highest BCUT2D eigenvalue weighted by Gasteiger charge is 2.49. The van der Waals surface area contributed by atoms with Crippen LogP contribution in [0.5, 0.6) is 11.5 Å². The molecule has 0 bridgehead atoms. The van der Waals surface area contributed by atoms with Crippen molar-refractivity contribution in [3.05, 3.63) is 17.7 Å². The zero-order chi connectivity index (χ0) is 22.2. The van der Waals surface area contributed by atoms with Gasteiger partial charge in [-0.25, -0.2) is 0 Å². The number of nitrogens with one attached hydrogen (secondary N) is 1. The Kier molecular flexibility index (Phi) is 6.38. The third-order valence-corrected chi connectivity index (χ3v) is 7.61. The van der Waals surface area contributed by atoms with Crippen LogP contribution < -0.4 is 19.7 Å². The molecule has 2 aliphatic heterocycles. The molecule has 1 amide bonds. The molecular formula is C25H38N2O4. The highest BCUT2D eigenvalue weighted by atomic mass is 16.5. The van der Waals surface area contributed by atoms with Crippen LogP contribution in [0.25, 0.3) is 0 Å². The molecule has 5 atom stereocenters. The molecule has 1 N–H and O–H groups in total. The van der Waals surface area contributed by atoms with Gasteiger partial charge < -0.3 is 24.4 Å². The molecule has 172 valence electrons. The van der Waals surface area contributed by atoms with Gasteiger partial charge in [0.05, 0.1) is 32.1 Å². The maximum atomic E-state index is 12.1. The van der Waals surface area contributed by atoms with Crippen molar-refractivity contribution >= 4 is 11.6 Å². The maximum absolute atomic E-state index is 12.1. The number of hydrogen-bond acceptors (Lipinski definition) is 5. The lowest BCUT2D eigenvalue weighted by Gasteiger charge is -2.52. The van der Waals surface area contributed by atoms with E-state index in [-0.39, 0.29) is 23.7 Å². The molecule has 6 nitrogen and oxygen atoms in total. The van der Waals surface area contributed by atoms with Crippen LogP contribution in [-0.4, -0.2) is 44.9 Å². The summed E-state index contributed by atoms with van der Waals surface area (Å²) in [5.74, 6) is 2.69. The highest BCUT2D eigenvalue weighted by Crippen LogP contribution is 2.50. The minimum Gasteiger partial charge on any atom is -0.496 e. The molecule has 2 saturated heterocycles. The summed E-state index contributed by atoms with van der Waals surface area (Å²) in [7, 11) is 3.45. The minimum absolute atomic E-state index is 0.0226. The van der Waals surface area contributed by atoms with Crippen molar-refractivity contribution < 1.29 is 19.0 Å². The summed E-state index contributed by atoms with van der Waals surface area (Å²) in [6, 6.07) is 4.20. The molecule has 0 radical (unpaired) electrons. The fourth-order valence-electron chi connectivity index (χ4n) is 6.09. The van der Waals surface area contributed by atoms with E-state index in [4.69, 9.17) is 14.2 Å². The van der Waals surface area contributed by atoms with Gasteiger partial charge in [-0.05, 0) is 44.6 Å². The summed E-state index contributed by atoms with van der Waals surface area (Å²) in [5, 5.41) is 3.29. The van der Waals surface area contributed by atoms with Gasteiger partial charge in [0.25, 0.3) is 0 Å². The predicted octanol–water partition coefficient (Wildman–Crippen LogP) is 4.47. The molecule has 0 unspecified atom stereocenters. The van der Waals surface area contributed by atoms with E-state index < -0.39 is 0 Å². The standard InChI is InChI=1S/C25H38N2O4/c1-16-8-9-19-22(12-16)31-24(15-25(19,3)26-17(2)28)18-13-23(30-5)20(14-21(18)29-4)27-10-6-7-11-27/h13-14,16,19,22,24H,6-12,15H2,1-5H3,(H,26,28)/t16-,19-,22-,24-,25+/m1/s1. The Labute approximate surface area is 186 Å². The normalized spacial score (nSPS) is 33.0. The molecule has 2 heterocycles. The second-order valence-electron chi connectivity index (χ2n) is 9.95. The second-order valence-corrected chi connectivity index (χ2v) is 9.95. The summed E-state index contributed by atoms with van der Waals surface area (Å²) in [4.78, 5) is 14.5. The lowest BCUT2D eigenvalue weighted by Crippen LogP contribution is -2.60. The summed E-state index contributed by atoms with van der Waals surface area (Å²) in [5.41, 5.74) is 1.80. The molecule has 6 heteroatoms. The van der Waals surface area contributed by atoms with Crippen molar-refractivity contribution in [2.24, 2.45) is 11.8 Å². The number of rotatable bonds is 5. The average Bonchev–Trinajstić information content (AvgIpc) is 3.26. The number of carbonyl (C=O) groups is 1. The number of benzene rings is 1. The first-order valence-electron chi connectivity index (χ1n) is 11.8. The van der Waals surface area contributed by atoms with Crippen molar-refractivity contribution in [2.75, 3.05) is 32.2 Å². The van der Waals surface area contributed by atoms with Crippen molar-refractivity contribution in [1.29, 1.82) is 0 Å². The summed E-state index contributed by atoms with van der Waals surface area (Å²) >= 11 is 0. The van der Waals surface area contributed by atoms with E-state index in [1.54, 1.807) is 21.1 Å². The molecule has 1 saturated carbocycles. The average molecular weight is 431 g/mol. The van der Waals surface area contributed by atoms with Crippen LogP contribution in [0, 0.1) is 11.8 Å². The number of ether oxygens (including phenoxy) is 3. The number of carbonyl (C=O) groups excluding carboxylic acids is 1. The smallest absolute Gasteiger partial charge is 0.217 e. The summed E-state index contributed by atoms with van der Waals surface area (Å²) < 4.78 is 18.4. The van der Waals surface area contributed by atoms with Crippen molar-refractivity contribution in [3.8, 4) is 11.5 Å². The molecule has 31 heavy (non-hydrogen) atoms. The van der Waals surface area contributed by atoms with Crippen LogP contribution >= 0.6 is 0 Å². The quantitative estimate of drug-likeness (QED) is 0.747. The Morgan fingerprint density at radius 2 is 1.87 bits per heavy atom. The molecule has 0 aromatic heterocycles. The first-order chi connectivity index (χ1) is 14.8. The van der Waals surface area contributed by atoms with Gasteiger partial charge in [-0.3, -0.25) is 4.79 Å². The minimum atomic E-state index is -0.300. The Balaban J connectivity index is 1.71. The van der Waals surface area contributed by atoms with E-state index in [1.165, 1.54) is 19.3 Å². The van der Waals surface area contributed by atoms with Crippen LogP contribution in [0.15, 0.2) is 12.1 Å². The first kappa shape index (κ1) is 22.3. The van der Waals surface area contributed by atoms with Gasteiger partial charge >= 0.3 is 0 Å². The zero-order valence-electron chi connectivity index (χ0n) is 19.7. The summed E-state index contributed by atoms with van der Waals surface area (Å²) in [6.45, 7) is 8.19. The van der Waals surface area contributed by atoms with E-state index in [0.717, 1.165) is 55.1 Å². The van der Waals surface area contributed by atoms with E-state index in [0.29, 0.717) is 11.8 Å². The number of methoxy groups -OCH3 is 2. The Morgan fingerprint density at radius 3 is 2.52 bits per heavy atom. The number of fused-ring (bicyclic) bond motifs is 1. The van der Waals surface area contributed by atoms with Gasteiger partial charge in [-0.1, -0.05) is 13.3 Å². The van der Waals surface area contributed by atoms with Crippen molar-refractivity contribution in [1.82, 2.24) is 5.32 Å². The lowest BCUT2D eigenvalue weighted by molar-refractivity contribution is -0.153. The van der Waals surface area contributed by atoms with Gasteiger partial charge in [-0.15, -0.1) is 0 Å². The fourth-order valence-corrected chi connectivity index (χ4v) is 6.09. The number of amides is 1. The molecule has 0 spiro atoms. The van der Waals surface area contributed by atoms with Gasteiger partial charge in [0.1, 0.15) is 11.5 Å². The first-order valence-corrected chi connectivity index (χ1v) is 11.8. The van der Waals surface area contributed by atoms with Crippen LogP contribution in [0.4, 0.5) is 5.69 Å². The van der Waals surface area contributed by atoms with Gasteiger partial charge in [0, 0.05) is 49.5 Å². The molecule has 1 aromatic rings. The van der Waals surface area contributed by atoms with Crippen LogP contribution in [-0.2, 0) is 9.53 Å². The molecule has 4 rings (SSSR count). The van der Waals surface area contributed by atoms with E-state index in [2.05, 4.69) is 36.2 Å². The van der Waals surface area contributed by atoms with Gasteiger partial charge in [0.2, 0.25) is 5.91 Å². The number of anilines is 1. The second kappa shape index (κ2) is 8.89. The van der Waals surface area contributed by atoms with Crippen LogP contribution in [0.2, 0.25) is 0 Å². The van der Waals surface area contributed by atoms with Crippen molar-refractivity contribution in [2.45, 2.75) is 77.0 Å².